The molecule has 0 fully saturated rings. The second-order valence-corrected chi connectivity index (χ2v) is 31.6. The van der Waals surface area contributed by atoms with Crippen molar-refractivity contribution in [2.24, 2.45) is 0 Å². The van der Waals surface area contributed by atoms with E-state index in [2.05, 4.69) is 387 Å². The highest BCUT2D eigenvalue weighted by atomic mass is 16.3. The van der Waals surface area contributed by atoms with Gasteiger partial charge in [-0.25, -0.2) is 0 Å². The van der Waals surface area contributed by atoms with Gasteiger partial charge in [0.2, 0.25) is 0 Å². The fourth-order valence-corrected chi connectivity index (χ4v) is 17.6. The molecular weight excluding hydrogens is 1350 g/mol. The van der Waals surface area contributed by atoms with Crippen LogP contribution < -0.4 is 0 Å². The van der Waals surface area contributed by atoms with E-state index in [0.717, 1.165) is 82.5 Å². The van der Waals surface area contributed by atoms with Gasteiger partial charge in [0.1, 0.15) is 33.5 Å². The molecule has 22 aromatic rings. The fraction of sp³-hybridized carbons (Fsp3) is 0.0741. The summed E-state index contributed by atoms with van der Waals surface area (Å²) in [6.45, 7) is 13.6. The quantitative estimate of drug-likeness (QED) is 0.156. The molecule has 22 rings (SSSR count). The van der Waals surface area contributed by atoms with Crippen LogP contribution in [0.4, 0.5) is 0 Å². The molecule has 0 amide bonds. The molecule has 0 spiro atoms. The highest BCUT2D eigenvalue weighted by molar-refractivity contribution is 6.28. The van der Waals surface area contributed by atoms with Crippen molar-refractivity contribution in [2.75, 3.05) is 0 Å². The third-order valence-corrected chi connectivity index (χ3v) is 22.9. The molecule has 0 saturated carbocycles. The smallest absolute Gasteiger partial charge is 0.143 e. The predicted molar refractivity (Wildman–Crippen MR) is 474 cm³/mol. The Hall–Kier alpha value is -13.6. The Balaban J connectivity index is 0.000000109. The van der Waals surface area contributed by atoms with Crippen LogP contribution in [0.3, 0.4) is 0 Å². The number of benzene rings is 19. The van der Waals surface area contributed by atoms with Crippen molar-refractivity contribution in [3.63, 3.8) is 0 Å². The Kier molecular flexibility index (Phi) is 16.0. The molecule has 3 aromatic heterocycles. The SMILES string of the molecule is CC(C)(C)c1ccc(-c2c3ccccc3c(-c3cccc4c3oc3ccccc34)c3ccccc23)cc1.CC(C)(C)c1ccc2c(-c3cccc4c3oc3ccccc34)c3ccccc3c(-c3ccccc3)c2c1.c1ccc2cc(-c3c4ccccc4c(-c4cccc5c4oc4ccccc45)c4ccccc34)ccc2c1. The normalized spacial score (nSPS) is 12.1. The van der Waals surface area contributed by atoms with E-state index in [1.807, 2.05) is 18.2 Å². The van der Waals surface area contributed by atoms with Crippen LogP contribution in [0.25, 0.3) is 208 Å². The molecule has 0 aliphatic heterocycles. The molecule has 528 valence electrons. The second-order valence-electron chi connectivity index (χ2n) is 31.6. The van der Waals surface area contributed by atoms with Crippen LogP contribution in [-0.4, -0.2) is 0 Å². The Morgan fingerprint density at radius 3 is 0.838 bits per heavy atom. The summed E-state index contributed by atoms with van der Waals surface area (Å²) < 4.78 is 19.5. The Morgan fingerprint density at radius 1 is 0.171 bits per heavy atom. The summed E-state index contributed by atoms with van der Waals surface area (Å²) in [5.41, 5.74) is 23.1. The average molecular weight is 1420 g/mol. The third-order valence-electron chi connectivity index (χ3n) is 22.9. The predicted octanol–water partition coefficient (Wildman–Crippen LogP) is 31.4. The maximum atomic E-state index is 6.53. The van der Waals surface area contributed by atoms with Gasteiger partial charge in [0.05, 0.1) is 0 Å². The van der Waals surface area contributed by atoms with Gasteiger partial charge >= 0.3 is 0 Å². The highest BCUT2D eigenvalue weighted by Gasteiger charge is 2.26. The van der Waals surface area contributed by atoms with Crippen molar-refractivity contribution in [1.82, 2.24) is 0 Å². The van der Waals surface area contributed by atoms with Crippen LogP contribution in [0.5, 0.6) is 0 Å². The van der Waals surface area contributed by atoms with Crippen LogP contribution in [0.2, 0.25) is 0 Å². The van der Waals surface area contributed by atoms with Gasteiger partial charge in [-0.15, -0.1) is 0 Å². The minimum Gasteiger partial charge on any atom is -0.455 e. The van der Waals surface area contributed by atoms with Gasteiger partial charge in [0.15, 0.2) is 0 Å². The highest BCUT2D eigenvalue weighted by Crippen LogP contribution is 2.52. The standard InChI is InChI=1S/C36H22O.2C36H28O/c1-2-11-24-22-25(21-20-23(24)10-1)34-27-13-3-5-15-29(27)35(30-16-6-4-14-28(30)34)32-18-9-17-31-26-12-7-8-19-33(26)37-36(31)32;1-36(2,3)24-21-19-23(20-22-24)33-26-12-4-6-14-28(26)34(29-15-7-5-13-27(29)33)31-17-10-16-30-25-11-8-9-18-32(25)37-35(30)31;1-36(2,3)24-20-21-28-31(22-24)33(23-12-5-4-6-13-23)26-15-7-8-16-27(26)34(28)30-18-11-17-29-25-14-9-10-19-32(25)37-35(29)30/h1-22H;2*4-22H,1-3H3. The van der Waals surface area contributed by atoms with E-state index >= 15 is 0 Å². The summed E-state index contributed by atoms with van der Waals surface area (Å²) in [7, 11) is 0. The number of para-hydroxylation sites is 6. The fourth-order valence-electron chi connectivity index (χ4n) is 17.6. The van der Waals surface area contributed by atoms with Gasteiger partial charge in [0.25, 0.3) is 0 Å². The van der Waals surface area contributed by atoms with Crippen LogP contribution in [0.1, 0.15) is 52.7 Å². The lowest BCUT2D eigenvalue weighted by Crippen LogP contribution is -2.10. The Morgan fingerprint density at radius 2 is 0.450 bits per heavy atom. The number of rotatable bonds is 6. The lowest BCUT2D eigenvalue weighted by Gasteiger charge is -2.23. The van der Waals surface area contributed by atoms with Crippen molar-refractivity contribution in [2.45, 2.75) is 52.4 Å². The number of hydrogen-bond acceptors (Lipinski definition) is 3. The van der Waals surface area contributed by atoms with Crippen LogP contribution in [0.15, 0.2) is 377 Å². The largest absolute Gasteiger partial charge is 0.455 e. The zero-order valence-electron chi connectivity index (χ0n) is 62.9. The van der Waals surface area contributed by atoms with Gasteiger partial charge in [-0.2, -0.15) is 0 Å². The topological polar surface area (TPSA) is 39.4 Å². The Bertz CT molecular complexity index is 7340. The van der Waals surface area contributed by atoms with Gasteiger partial charge in [-0.3, -0.25) is 0 Å². The van der Waals surface area contributed by atoms with Crippen LogP contribution in [0, 0.1) is 0 Å². The van der Waals surface area contributed by atoms with E-state index in [9.17, 15) is 0 Å². The second kappa shape index (κ2) is 26.7. The molecule has 0 N–H and O–H groups in total. The molecule has 0 aliphatic carbocycles. The maximum Gasteiger partial charge on any atom is 0.143 e. The van der Waals surface area contributed by atoms with Crippen molar-refractivity contribution in [3.8, 4) is 66.8 Å². The molecule has 0 unspecified atom stereocenters. The zero-order chi connectivity index (χ0) is 74.6. The molecule has 111 heavy (non-hydrogen) atoms. The van der Waals surface area contributed by atoms with Crippen LogP contribution >= 0.6 is 0 Å². The summed E-state index contributed by atoms with van der Waals surface area (Å²) in [4.78, 5) is 0. The van der Waals surface area contributed by atoms with E-state index < -0.39 is 0 Å². The van der Waals surface area contributed by atoms with E-state index in [-0.39, 0.29) is 10.8 Å². The molecule has 0 radical (unpaired) electrons. The van der Waals surface area contributed by atoms with E-state index in [4.69, 9.17) is 13.3 Å². The summed E-state index contributed by atoms with van der Waals surface area (Å²) in [6.07, 6.45) is 0. The van der Waals surface area contributed by atoms with Crippen molar-refractivity contribution >= 4 is 141 Å². The van der Waals surface area contributed by atoms with Crippen molar-refractivity contribution in [3.05, 3.63) is 375 Å². The van der Waals surface area contributed by atoms with Gasteiger partial charge in [0, 0.05) is 65.7 Å². The first kappa shape index (κ1) is 66.8. The molecule has 3 nitrogen and oxygen atoms in total. The lowest BCUT2D eigenvalue weighted by molar-refractivity contribution is 0.590. The molecule has 0 saturated heterocycles. The Labute approximate surface area is 644 Å². The molecule has 0 bridgehead atoms. The monoisotopic (exact) mass is 1420 g/mol. The molecule has 0 atom stereocenters. The summed E-state index contributed by atoms with van der Waals surface area (Å²) in [6, 6.07) is 131. The maximum absolute atomic E-state index is 6.53. The van der Waals surface area contributed by atoms with Gasteiger partial charge in [-0.05, 0) is 161 Å². The molecule has 3 heterocycles. The first-order valence-electron chi connectivity index (χ1n) is 38.6. The molecular formula is C108H78O3. The average Bonchev–Trinajstić information content (AvgIpc) is 1.70. The van der Waals surface area contributed by atoms with Gasteiger partial charge in [-0.1, -0.05) is 375 Å². The molecule has 19 aromatic carbocycles. The number of hydrogen-bond donors (Lipinski definition) is 0. The van der Waals surface area contributed by atoms with E-state index in [0.29, 0.717) is 0 Å². The minimum atomic E-state index is 0.0483. The zero-order valence-corrected chi connectivity index (χ0v) is 62.9. The van der Waals surface area contributed by atoms with Gasteiger partial charge < -0.3 is 13.3 Å². The van der Waals surface area contributed by atoms with E-state index in [1.165, 1.54) is 137 Å². The van der Waals surface area contributed by atoms with Crippen molar-refractivity contribution in [1.29, 1.82) is 0 Å². The number of furan rings is 3. The first-order valence-corrected chi connectivity index (χ1v) is 38.6. The summed E-state index contributed by atoms with van der Waals surface area (Å²) in [5, 5.41) is 24.4. The van der Waals surface area contributed by atoms with Crippen LogP contribution in [-0.2, 0) is 10.8 Å². The summed E-state index contributed by atoms with van der Waals surface area (Å²) in [5.74, 6) is 0. The lowest BCUT2D eigenvalue weighted by atomic mass is 9.81. The molecule has 3 heteroatoms. The van der Waals surface area contributed by atoms with Crippen molar-refractivity contribution < 1.29 is 13.3 Å². The summed E-state index contributed by atoms with van der Waals surface area (Å²) >= 11 is 0. The number of fused-ring (bicyclic) bond motifs is 16. The minimum absolute atomic E-state index is 0.0483. The third kappa shape index (κ3) is 11.3. The van der Waals surface area contributed by atoms with E-state index in [1.54, 1.807) is 0 Å². The molecule has 0 aliphatic rings. The first-order chi connectivity index (χ1) is 54.4.